The first-order valence-corrected chi connectivity index (χ1v) is 7.65. The van der Waals surface area contributed by atoms with Gasteiger partial charge in [-0.25, -0.2) is 0 Å². The maximum atomic E-state index is 11.8. The lowest BCUT2D eigenvalue weighted by Crippen LogP contribution is -2.34. The molecule has 2 unspecified atom stereocenters. The normalized spacial score (nSPS) is 21.4. The van der Waals surface area contributed by atoms with Crippen LogP contribution < -0.4 is 10.6 Å². The van der Waals surface area contributed by atoms with E-state index < -0.39 is 0 Å². The maximum absolute atomic E-state index is 11.8. The predicted molar refractivity (Wildman–Crippen MR) is 81.7 cm³/mol. The molecule has 0 radical (unpaired) electrons. The molecular weight excluding hydrogens is 260 g/mol. The Hall–Kier alpha value is -0.260. The standard InChI is InChI=1S/C14H28N2O2S/c1-11(18-9-6-14(2,3)19)4-8-16-13(17)12-5-7-15-10-12/h11-12,15,19H,4-10H2,1-3H3,(H,16,17). The highest BCUT2D eigenvalue weighted by atomic mass is 32.1. The van der Waals surface area contributed by atoms with Gasteiger partial charge in [0.05, 0.1) is 12.0 Å². The van der Waals surface area contributed by atoms with Crippen molar-refractivity contribution in [2.45, 2.75) is 50.9 Å². The first kappa shape index (κ1) is 16.8. The van der Waals surface area contributed by atoms with E-state index in [9.17, 15) is 4.79 Å². The van der Waals surface area contributed by atoms with Crippen LogP contribution in [0.25, 0.3) is 0 Å². The van der Waals surface area contributed by atoms with Crippen molar-refractivity contribution in [1.82, 2.24) is 10.6 Å². The molecule has 2 atom stereocenters. The average Bonchev–Trinajstić information content (AvgIpc) is 2.80. The summed E-state index contributed by atoms with van der Waals surface area (Å²) in [7, 11) is 0. The zero-order chi connectivity index (χ0) is 14.3. The maximum Gasteiger partial charge on any atom is 0.224 e. The summed E-state index contributed by atoms with van der Waals surface area (Å²) < 4.78 is 5.73. The minimum absolute atomic E-state index is 0.0173. The van der Waals surface area contributed by atoms with E-state index in [1.807, 2.05) is 0 Å². The Morgan fingerprint density at radius 3 is 2.89 bits per heavy atom. The van der Waals surface area contributed by atoms with Crippen LogP contribution >= 0.6 is 12.6 Å². The van der Waals surface area contributed by atoms with Gasteiger partial charge in [-0.3, -0.25) is 4.79 Å². The molecule has 0 spiro atoms. The summed E-state index contributed by atoms with van der Waals surface area (Å²) in [5.41, 5.74) is 0. The minimum Gasteiger partial charge on any atom is -0.378 e. The Bertz CT molecular complexity index is 273. The van der Waals surface area contributed by atoms with Crippen LogP contribution in [0, 0.1) is 5.92 Å². The fourth-order valence-corrected chi connectivity index (χ4v) is 2.11. The largest absolute Gasteiger partial charge is 0.378 e. The van der Waals surface area contributed by atoms with E-state index in [0.717, 1.165) is 39.0 Å². The van der Waals surface area contributed by atoms with Crippen LogP contribution in [0.1, 0.15) is 40.0 Å². The van der Waals surface area contributed by atoms with Crippen LogP contribution in [-0.2, 0) is 9.53 Å². The second kappa shape index (κ2) is 8.12. The molecule has 0 saturated carbocycles. The van der Waals surface area contributed by atoms with Crippen molar-refractivity contribution in [2.75, 3.05) is 26.2 Å². The third kappa shape index (κ3) is 7.80. The third-order valence-corrected chi connectivity index (χ3v) is 3.62. The van der Waals surface area contributed by atoms with Crippen molar-refractivity contribution in [1.29, 1.82) is 0 Å². The molecule has 0 aromatic rings. The third-order valence-electron chi connectivity index (χ3n) is 3.40. The quantitative estimate of drug-likeness (QED) is 0.595. The fourth-order valence-electron chi connectivity index (χ4n) is 2.01. The lowest BCUT2D eigenvalue weighted by atomic mass is 10.1. The van der Waals surface area contributed by atoms with Gasteiger partial charge in [0.2, 0.25) is 5.91 Å². The highest BCUT2D eigenvalue weighted by molar-refractivity contribution is 7.81. The van der Waals surface area contributed by atoms with Gasteiger partial charge in [-0.15, -0.1) is 0 Å². The number of hydrogen-bond acceptors (Lipinski definition) is 4. The molecule has 1 aliphatic rings. The van der Waals surface area contributed by atoms with Gasteiger partial charge in [-0.1, -0.05) is 13.8 Å². The van der Waals surface area contributed by atoms with Gasteiger partial charge in [-0.05, 0) is 32.7 Å². The molecule has 0 aromatic carbocycles. The molecule has 0 bridgehead atoms. The van der Waals surface area contributed by atoms with Crippen LogP contribution in [-0.4, -0.2) is 43.0 Å². The Morgan fingerprint density at radius 1 is 1.58 bits per heavy atom. The van der Waals surface area contributed by atoms with Crippen molar-refractivity contribution in [2.24, 2.45) is 5.92 Å². The fraction of sp³-hybridized carbons (Fsp3) is 0.929. The molecule has 1 aliphatic heterocycles. The van der Waals surface area contributed by atoms with Crippen LogP contribution in [0.15, 0.2) is 0 Å². The Morgan fingerprint density at radius 2 is 2.32 bits per heavy atom. The molecule has 0 aliphatic carbocycles. The van der Waals surface area contributed by atoms with E-state index in [-0.39, 0.29) is 22.7 Å². The van der Waals surface area contributed by atoms with E-state index in [1.54, 1.807) is 0 Å². The van der Waals surface area contributed by atoms with Gasteiger partial charge < -0.3 is 15.4 Å². The van der Waals surface area contributed by atoms with Crippen molar-refractivity contribution in [3.63, 3.8) is 0 Å². The Labute approximate surface area is 122 Å². The number of hydrogen-bond donors (Lipinski definition) is 3. The second-order valence-electron chi connectivity index (χ2n) is 6.01. The van der Waals surface area contributed by atoms with Gasteiger partial charge in [0.15, 0.2) is 0 Å². The van der Waals surface area contributed by atoms with Crippen molar-refractivity contribution >= 4 is 18.5 Å². The number of rotatable bonds is 8. The lowest BCUT2D eigenvalue weighted by molar-refractivity contribution is -0.124. The average molecular weight is 288 g/mol. The molecule has 4 nitrogen and oxygen atoms in total. The molecule has 1 amide bonds. The molecule has 1 heterocycles. The summed E-state index contributed by atoms with van der Waals surface area (Å²) in [5, 5.41) is 6.19. The molecule has 1 fully saturated rings. The number of nitrogens with one attached hydrogen (secondary N) is 2. The smallest absolute Gasteiger partial charge is 0.224 e. The summed E-state index contributed by atoms with van der Waals surface area (Å²) in [6, 6.07) is 0. The monoisotopic (exact) mass is 288 g/mol. The van der Waals surface area contributed by atoms with Crippen LogP contribution in [0.2, 0.25) is 0 Å². The number of amides is 1. The molecule has 19 heavy (non-hydrogen) atoms. The Balaban J connectivity index is 2.03. The predicted octanol–water partition coefficient (Wildman–Crippen LogP) is 1.61. The van der Waals surface area contributed by atoms with Gasteiger partial charge in [0.1, 0.15) is 0 Å². The summed E-state index contributed by atoms with van der Waals surface area (Å²) in [6.45, 7) is 9.40. The van der Waals surface area contributed by atoms with Crippen LogP contribution in [0.4, 0.5) is 0 Å². The Kier molecular flexibility index (Phi) is 7.18. The molecule has 2 N–H and O–H groups in total. The van der Waals surface area contributed by atoms with Crippen molar-refractivity contribution < 1.29 is 9.53 Å². The van der Waals surface area contributed by atoms with E-state index in [2.05, 4.69) is 44.0 Å². The number of carbonyl (C=O) groups excluding carboxylic acids is 1. The number of carbonyl (C=O) groups is 1. The van der Waals surface area contributed by atoms with Gasteiger partial charge in [-0.2, -0.15) is 12.6 Å². The SMILES string of the molecule is CC(CCNC(=O)C1CCNC1)OCCC(C)(C)S. The second-order valence-corrected chi connectivity index (χ2v) is 7.22. The highest BCUT2D eigenvalue weighted by Gasteiger charge is 2.21. The summed E-state index contributed by atoms with van der Waals surface area (Å²) >= 11 is 4.46. The highest BCUT2D eigenvalue weighted by Crippen LogP contribution is 2.17. The van der Waals surface area contributed by atoms with Gasteiger partial charge >= 0.3 is 0 Å². The summed E-state index contributed by atoms with van der Waals surface area (Å²) in [4.78, 5) is 11.8. The minimum atomic E-state index is 0.0173. The summed E-state index contributed by atoms with van der Waals surface area (Å²) in [6.07, 6.45) is 2.92. The van der Waals surface area contributed by atoms with Crippen molar-refractivity contribution in [3.05, 3.63) is 0 Å². The van der Waals surface area contributed by atoms with E-state index in [4.69, 9.17) is 4.74 Å². The molecule has 0 aromatic heterocycles. The van der Waals surface area contributed by atoms with E-state index in [1.165, 1.54) is 0 Å². The molecular formula is C14H28N2O2S. The summed E-state index contributed by atoms with van der Waals surface area (Å²) in [5.74, 6) is 0.329. The van der Waals surface area contributed by atoms with E-state index in [0.29, 0.717) is 6.54 Å². The first-order chi connectivity index (χ1) is 8.88. The molecule has 1 rings (SSSR count). The van der Waals surface area contributed by atoms with Crippen molar-refractivity contribution in [3.8, 4) is 0 Å². The topological polar surface area (TPSA) is 50.4 Å². The van der Waals surface area contributed by atoms with Gasteiger partial charge in [0.25, 0.3) is 0 Å². The first-order valence-electron chi connectivity index (χ1n) is 7.21. The number of thiol groups is 1. The van der Waals surface area contributed by atoms with Crippen LogP contribution in [0.5, 0.6) is 0 Å². The van der Waals surface area contributed by atoms with E-state index >= 15 is 0 Å². The molecule has 1 saturated heterocycles. The molecule has 5 heteroatoms. The number of ether oxygens (including phenoxy) is 1. The zero-order valence-electron chi connectivity index (χ0n) is 12.4. The zero-order valence-corrected chi connectivity index (χ0v) is 13.3. The molecule has 112 valence electrons. The van der Waals surface area contributed by atoms with Gasteiger partial charge in [0, 0.05) is 24.4 Å². The van der Waals surface area contributed by atoms with Crippen LogP contribution in [0.3, 0.4) is 0 Å². The lowest BCUT2D eigenvalue weighted by Gasteiger charge is -2.19.